The fourth-order valence-electron chi connectivity index (χ4n) is 2.24. The highest BCUT2D eigenvalue weighted by atomic mass is 16.5. The van der Waals surface area contributed by atoms with Gasteiger partial charge in [0.25, 0.3) is 5.91 Å². The topological polar surface area (TPSA) is 55.6 Å². The second-order valence-corrected chi connectivity index (χ2v) is 6.46. The van der Waals surface area contributed by atoms with E-state index in [-0.39, 0.29) is 5.91 Å². The number of carbonyl (C=O) groups is 1. The van der Waals surface area contributed by atoms with Crippen molar-refractivity contribution in [2.45, 2.75) is 45.8 Å². The van der Waals surface area contributed by atoms with Gasteiger partial charge in [0, 0.05) is 12.1 Å². The number of benzene rings is 1. The van der Waals surface area contributed by atoms with Crippen LogP contribution in [-0.2, 0) is 4.79 Å². The van der Waals surface area contributed by atoms with Gasteiger partial charge in [-0.3, -0.25) is 4.79 Å². The largest absolute Gasteiger partial charge is 0.476 e. The summed E-state index contributed by atoms with van der Waals surface area (Å²) in [6.45, 7) is 9.88. The summed E-state index contributed by atoms with van der Waals surface area (Å²) in [7, 11) is 0. The molecular formula is C15H22N2O2. The monoisotopic (exact) mass is 262 g/mol. The molecule has 1 heterocycles. The number of nitrogens with two attached hydrogens (primary N) is 1. The van der Waals surface area contributed by atoms with Crippen LogP contribution < -0.4 is 15.4 Å². The molecule has 0 saturated heterocycles. The molecule has 2 N–H and O–H groups in total. The standard InChI is InChI=1S/C15H22N2O2/c1-10-6-7-11-12(8-10)19-15(4,5)13(18)17(11)9-14(2,3)16/h6-8H,9,16H2,1-5H3. The van der Waals surface area contributed by atoms with Crippen LogP contribution in [0.2, 0.25) is 0 Å². The molecule has 19 heavy (non-hydrogen) atoms. The second kappa shape index (κ2) is 4.23. The molecule has 0 atom stereocenters. The second-order valence-electron chi connectivity index (χ2n) is 6.46. The molecule has 0 aliphatic carbocycles. The fourth-order valence-corrected chi connectivity index (χ4v) is 2.24. The minimum absolute atomic E-state index is 0.0534. The third-order valence-electron chi connectivity index (χ3n) is 3.10. The number of fused-ring (bicyclic) bond motifs is 1. The Balaban J connectivity index is 2.50. The first-order valence-electron chi connectivity index (χ1n) is 6.51. The number of rotatable bonds is 2. The molecule has 0 fully saturated rings. The van der Waals surface area contributed by atoms with Crippen LogP contribution in [0, 0.1) is 6.92 Å². The molecule has 1 aliphatic rings. The van der Waals surface area contributed by atoms with Gasteiger partial charge in [-0.05, 0) is 52.3 Å². The Bertz CT molecular complexity index is 515. The molecule has 0 unspecified atom stereocenters. The number of anilines is 1. The van der Waals surface area contributed by atoms with Gasteiger partial charge < -0.3 is 15.4 Å². The van der Waals surface area contributed by atoms with Crippen molar-refractivity contribution in [2.24, 2.45) is 5.73 Å². The maximum Gasteiger partial charge on any atom is 0.270 e. The molecule has 0 saturated carbocycles. The van der Waals surface area contributed by atoms with E-state index in [1.165, 1.54) is 0 Å². The summed E-state index contributed by atoms with van der Waals surface area (Å²) in [5, 5.41) is 0. The Morgan fingerprint density at radius 1 is 1.37 bits per heavy atom. The van der Waals surface area contributed by atoms with Crippen LogP contribution in [-0.4, -0.2) is 23.6 Å². The molecule has 1 aliphatic heterocycles. The third-order valence-corrected chi connectivity index (χ3v) is 3.10. The van der Waals surface area contributed by atoms with Crippen molar-refractivity contribution in [3.63, 3.8) is 0 Å². The quantitative estimate of drug-likeness (QED) is 0.889. The minimum Gasteiger partial charge on any atom is -0.476 e. The van der Waals surface area contributed by atoms with E-state index in [9.17, 15) is 4.79 Å². The zero-order valence-electron chi connectivity index (χ0n) is 12.3. The summed E-state index contributed by atoms with van der Waals surface area (Å²) in [5.74, 6) is 0.691. The average Bonchev–Trinajstić information content (AvgIpc) is 2.22. The van der Waals surface area contributed by atoms with Crippen LogP contribution in [0.4, 0.5) is 5.69 Å². The maximum absolute atomic E-state index is 12.5. The molecular weight excluding hydrogens is 240 g/mol. The Hall–Kier alpha value is -1.55. The Morgan fingerprint density at radius 2 is 2.00 bits per heavy atom. The van der Waals surface area contributed by atoms with Crippen molar-refractivity contribution in [1.29, 1.82) is 0 Å². The predicted octanol–water partition coefficient (Wildman–Crippen LogP) is 2.24. The van der Waals surface area contributed by atoms with Crippen LogP contribution in [0.1, 0.15) is 33.3 Å². The van der Waals surface area contributed by atoms with Crippen molar-refractivity contribution in [3.8, 4) is 5.75 Å². The normalized spacial score (nSPS) is 18.0. The lowest BCUT2D eigenvalue weighted by Gasteiger charge is -2.41. The molecule has 0 bridgehead atoms. The summed E-state index contributed by atoms with van der Waals surface area (Å²) < 4.78 is 5.83. The van der Waals surface area contributed by atoms with E-state index in [2.05, 4.69) is 0 Å². The highest BCUT2D eigenvalue weighted by molar-refractivity contribution is 6.02. The van der Waals surface area contributed by atoms with Gasteiger partial charge in [0.15, 0.2) is 5.60 Å². The molecule has 104 valence electrons. The molecule has 4 nitrogen and oxygen atoms in total. The number of aryl methyl sites for hydroxylation is 1. The average molecular weight is 262 g/mol. The van der Waals surface area contributed by atoms with Crippen molar-refractivity contribution < 1.29 is 9.53 Å². The summed E-state index contributed by atoms with van der Waals surface area (Å²) in [5.41, 5.74) is 6.67. The van der Waals surface area contributed by atoms with E-state index < -0.39 is 11.1 Å². The smallest absolute Gasteiger partial charge is 0.270 e. The summed E-state index contributed by atoms with van der Waals surface area (Å²) in [4.78, 5) is 14.3. The van der Waals surface area contributed by atoms with Crippen LogP contribution in [0.25, 0.3) is 0 Å². The molecule has 1 aromatic rings. The van der Waals surface area contributed by atoms with Crippen molar-refractivity contribution in [1.82, 2.24) is 0 Å². The summed E-state index contributed by atoms with van der Waals surface area (Å²) in [6.07, 6.45) is 0. The number of carbonyl (C=O) groups excluding carboxylic acids is 1. The number of ether oxygens (including phenoxy) is 1. The van der Waals surface area contributed by atoms with Gasteiger partial charge in [-0.1, -0.05) is 6.07 Å². The van der Waals surface area contributed by atoms with Gasteiger partial charge in [-0.2, -0.15) is 0 Å². The number of amides is 1. The van der Waals surface area contributed by atoms with Gasteiger partial charge in [-0.25, -0.2) is 0 Å². The Morgan fingerprint density at radius 3 is 2.58 bits per heavy atom. The lowest BCUT2D eigenvalue weighted by atomic mass is 9.99. The first-order valence-corrected chi connectivity index (χ1v) is 6.51. The van der Waals surface area contributed by atoms with E-state index in [0.717, 1.165) is 17.0 Å². The minimum atomic E-state index is -0.855. The van der Waals surface area contributed by atoms with Crippen LogP contribution in [0.15, 0.2) is 18.2 Å². The number of nitrogens with zero attached hydrogens (tertiary/aromatic N) is 1. The molecule has 1 amide bonds. The molecule has 1 aromatic carbocycles. The zero-order valence-corrected chi connectivity index (χ0v) is 12.3. The first-order chi connectivity index (χ1) is 8.60. The molecule has 0 spiro atoms. The summed E-state index contributed by atoms with van der Waals surface area (Å²) in [6, 6.07) is 5.86. The third kappa shape index (κ3) is 2.73. The molecule has 2 rings (SSSR count). The maximum atomic E-state index is 12.5. The van der Waals surface area contributed by atoms with E-state index in [4.69, 9.17) is 10.5 Å². The van der Waals surface area contributed by atoms with E-state index in [1.807, 2.05) is 39.0 Å². The Labute approximate surface area is 114 Å². The lowest BCUT2D eigenvalue weighted by molar-refractivity contribution is -0.132. The van der Waals surface area contributed by atoms with Gasteiger partial charge >= 0.3 is 0 Å². The number of hydrogen-bond acceptors (Lipinski definition) is 3. The lowest BCUT2D eigenvalue weighted by Crippen LogP contribution is -2.57. The fraction of sp³-hybridized carbons (Fsp3) is 0.533. The van der Waals surface area contributed by atoms with E-state index in [0.29, 0.717) is 6.54 Å². The van der Waals surface area contributed by atoms with E-state index in [1.54, 1.807) is 18.7 Å². The SMILES string of the molecule is Cc1ccc2c(c1)OC(C)(C)C(=O)N2CC(C)(C)N. The predicted molar refractivity (Wildman–Crippen MR) is 76.5 cm³/mol. The van der Waals surface area contributed by atoms with Gasteiger partial charge in [0.2, 0.25) is 0 Å². The number of hydrogen-bond donors (Lipinski definition) is 1. The summed E-state index contributed by atoms with van der Waals surface area (Å²) >= 11 is 0. The van der Waals surface area contributed by atoms with E-state index >= 15 is 0 Å². The molecule has 0 aromatic heterocycles. The molecule has 4 heteroatoms. The van der Waals surface area contributed by atoms with Crippen molar-refractivity contribution in [3.05, 3.63) is 23.8 Å². The van der Waals surface area contributed by atoms with Gasteiger partial charge in [-0.15, -0.1) is 0 Å². The van der Waals surface area contributed by atoms with Crippen LogP contribution in [0.5, 0.6) is 5.75 Å². The highest BCUT2D eigenvalue weighted by Gasteiger charge is 2.42. The van der Waals surface area contributed by atoms with Crippen molar-refractivity contribution in [2.75, 3.05) is 11.4 Å². The van der Waals surface area contributed by atoms with Gasteiger partial charge in [0.05, 0.1) is 5.69 Å². The zero-order chi connectivity index (χ0) is 14.4. The highest BCUT2D eigenvalue weighted by Crippen LogP contribution is 2.38. The van der Waals surface area contributed by atoms with Crippen molar-refractivity contribution >= 4 is 11.6 Å². The van der Waals surface area contributed by atoms with Gasteiger partial charge in [0.1, 0.15) is 5.75 Å². The first kappa shape index (κ1) is 13.9. The Kier molecular flexibility index (Phi) is 3.09. The van der Waals surface area contributed by atoms with Crippen LogP contribution in [0.3, 0.4) is 0 Å². The van der Waals surface area contributed by atoms with Crippen LogP contribution >= 0.6 is 0 Å². The molecule has 0 radical (unpaired) electrons.